The SMILES string of the molecule is CC[C@H](C(=O)NC(C)C)N(Cc1cccc(OC)c1)C(=O)CN(c1ccc(F)cc1)S(=O)(=O)c1ccc(C)cc1. The predicted molar refractivity (Wildman–Crippen MR) is 153 cm³/mol. The summed E-state index contributed by atoms with van der Waals surface area (Å²) in [6.45, 7) is 6.71. The lowest BCUT2D eigenvalue weighted by Crippen LogP contribution is -2.53. The third-order valence-electron chi connectivity index (χ3n) is 6.31. The summed E-state index contributed by atoms with van der Waals surface area (Å²) in [6.07, 6.45) is 0.301. The first-order chi connectivity index (χ1) is 19.0. The van der Waals surface area contributed by atoms with Crippen LogP contribution in [0.3, 0.4) is 0 Å². The van der Waals surface area contributed by atoms with Crippen molar-refractivity contribution in [2.75, 3.05) is 18.0 Å². The van der Waals surface area contributed by atoms with Crippen molar-refractivity contribution in [1.82, 2.24) is 10.2 Å². The first-order valence-corrected chi connectivity index (χ1v) is 14.5. The minimum atomic E-state index is -4.22. The molecule has 3 rings (SSSR count). The molecule has 3 aromatic carbocycles. The van der Waals surface area contributed by atoms with E-state index in [0.717, 1.165) is 22.0 Å². The molecule has 0 fully saturated rings. The summed E-state index contributed by atoms with van der Waals surface area (Å²) in [6, 6.07) is 17.2. The van der Waals surface area contributed by atoms with Crippen molar-refractivity contribution in [2.24, 2.45) is 0 Å². The molecule has 0 spiro atoms. The number of ether oxygens (including phenoxy) is 1. The van der Waals surface area contributed by atoms with Gasteiger partial charge in [0.05, 0.1) is 17.7 Å². The van der Waals surface area contributed by atoms with Gasteiger partial charge in [0.15, 0.2) is 0 Å². The fraction of sp³-hybridized carbons (Fsp3) is 0.333. The van der Waals surface area contributed by atoms with Crippen molar-refractivity contribution in [3.8, 4) is 5.75 Å². The second-order valence-electron chi connectivity index (χ2n) is 9.76. The van der Waals surface area contributed by atoms with E-state index in [1.165, 1.54) is 36.3 Å². The molecule has 1 atom stereocenters. The lowest BCUT2D eigenvalue weighted by molar-refractivity contribution is -0.140. The Hall–Kier alpha value is -3.92. The smallest absolute Gasteiger partial charge is 0.264 e. The van der Waals surface area contributed by atoms with Crippen LogP contribution in [0, 0.1) is 12.7 Å². The van der Waals surface area contributed by atoms with E-state index in [-0.39, 0.29) is 29.1 Å². The van der Waals surface area contributed by atoms with E-state index in [2.05, 4.69) is 5.32 Å². The molecule has 10 heteroatoms. The van der Waals surface area contributed by atoms with Crippen molar-refractivity contribution < 1.29 is 27.1 Å². The molecular weight excluding hydrogens is 533 g/mol. The number of methoxy groups -OCH3 is 1. The molecule has 0 bridgehead atoms. The van der Waals surface area contributed by atoms with Crippen molar-refractivity contribution in [1.29, 1.82) is 0 Å². The van der Waals surface area contributed by atoms with E-state index < -0.39 is 34.3 Å². The molecule has 0 saturated heterocycles. The number of amides is 2. The maximum atomic E-state index is 14.0. The van der Waals surface area contributed by atoms with Gasteiger partial charge in [-0.25, -0.2) is 12.8 Å². The number of halogens is 1. The summed E-state index contributed by atoms with van der Waals surface area (Å²) in [7, 11) is -2.69. The Bertz CT molecular complexity index is 1410. The van der Waals surface area contributed by atoms with Crippen LogP contribution in [0.5, 0.6) is 5.75 Å². The van der Waals surface area contributed by atoms with Gasteiger partial charge in [-0.2, -0.15) is 0 Å². The molecule has 0 aliphatic heterocycles. The lowest BCUT2D eigenvalue weighted by Gasteiger charge is -2.33. The van der Waals surface area contributed by atoms with Crippen LogP contribution in [-0.2, 0) is 26.2 Å². The first kappa shape index (κ1) is 30.6. The fourth-order valence-corrected chi connectivity index (χ4v) is 5.66. The van der Waals surface area contributed by atoms with Gasteiger partial charge >= 0.3 is 0 Å². The van der Waals surface area contributed by atoms with Crippen molar-refractivity contribution >= 4 is 27.5 Å². The summed E-state index contributed by atoms with van der Waals surface area (Å²) < 4.78 is 47.6. The zero-order valence-electron chi connectivity index (χ0n) is 23.4. The van der Waals surface area contributed by atoms with Crippen LogP contribution in [0.2, 0.25) is 0 Å². The highest BCUT2D eigenvalue weighted by Gasteiger charge is 2.34. The number of carbonyl (C=O) groups is 2. The molecule has 214 valence electrons. The standard InChI is InChI=1S/C30H36FN3O5S/c1-6-28(30(36)32-21(2)3)33(19-23-8-7-9-26(18-23)39-5)29(35)20-34(25-14-12-24(31)13-15-25)40(37,38)27-16-10-22(4)11-17-27/h7-18,21,28H,6,19-20H2,1-5H3,(H,32,36)/t28-/m1/s1. The van der Waals surface area contributed by atoms with Crippen molar-refractivity contribution in [3.05, 3.63) is 89.7 Å². The monoisotopic (exact) mass is 569 g/mol. The van der Waals surface area contributed by atoms with Gasteiger partial charge in [-0.15, -0.1) is 0 Å². The van der Waals surface area contributed by atoms with Gasteiger partial charge < -0.3 is 15.0 Å². The van der Waals surface area contributed by atoms with Crippen molar-refractivity contribution in [2.45, 2.75) is 57.6 Å². The molecule has 0 heterocycles. The predicted octanol–water partition coefficient (Wildman–Crippen LogP) is 4.67. The number of aryl methyl sites for hydroxylation is 1. The number of hydrogen-bond acceptors (Lipinski definition) is 5. The third kappa shape index (κ3) is 7.59. The average Bonchev–Trinajstić information content (AvgIpc) is 2.92. The Kier molecular flexibility index (Phi) is 10.3. The summed E-state index contributed by atoms with van der Waals surface area (Å²) in [5.41, 5.74) is 1.70. The van der Waals surface area contributed by atoms with Crippen LogP contribution < -0.4 is 14.4 Å². The van der Waals surface area contributed by atoms with Crippen LogP contribution in [0.25, 0.3) is 0 Å². The van der Waals surface area contributed by atoms with E-state index in [0.29, 0.717) is 17.7 Å². The van der Waals surface area contributed by atoms with Gasteiger partial charge in [0.2, 0.25) is 11.8 Å². The van der Waals surface area contributed by atoms with Crippen LogP contribution >= 0.6 is 0 Å². The highest BCUT2D eigenvalue weighted by atomic mass is 32.2. The molecule has 8 nitrogen and oxygen atoms in total. The quantitative estimate of drug-likeness (QED) is 0.342. The molecule has 0 saturated carbocycles. The number of sulfonamides is 1. The fourth-order valence-electron chi connectivity index (χ4n) is 4.24. The van der Waals surface area contributed by atoms with Gasteiger partial charge in [0.1, 0.15) is 24.2 Å². The van der Waals surface area contributed by atoms with Crippen LogP contribution in [0.1, 0.15) is 38.3 Å². The summed E-state index contributed by atoms with van der Waals surface area (Å²) in [5, 5.41) is 2.86. The molecule has 40 heavy (non-hydrogen) atoms. The number of hydrogen-bond donors (Lipinski definition) is 1. The molecule has 3 aromatic rings. The summed E-state index contributed by atoms with van der Waals surface area (Å²) in [5.74, 6) is -0.893. The maximum absolute atomic E-state index is 14.0. The first-order valence-electron chi connectivity index (χ1n) is 13.0. The van der Waals surface area contributed by atoms with E-state index in [4.69, 9.17) is 4.74 Å². The topological polar surface area (TPSA) is 96.0 Å². The normalized spacial score (nSPS) is 12.1. The Morgan fingerprint density at radius 1 is 1.00 bits per heavy atom. The van der Waals surface area contributed by atoms with Gasteiger partial charge in [-0.1, -0.05) is 36.8 Å². The number of carbonyl (C=O) groups excluding carboxylic acids is 2. The maximum Gasteiger partial charge on any atom is 0.264 e. The van der Waals surface area contributed by atoms with Gasteiger partial charge in [0.25, 0.3) is 10.0 Å². The molecular formula is C30H36FN3O5S. The van der Waals surface area contributed by atoms with Crippen LogP contribution in [0.15, 0.2) is 77.7 Å². The number of nitrogens with zero attached hydrogens (tertiary/aromatic N) is 2. The minimum absolute atomic E-state index is 0.0147. The van der Waals surface area contributed by atoms with E-state index in [9.17, 15) is 22.4 Å². The molecule has 0 aliphatic carbocycles. The van der Waals surface area contributed by atoms with Gasteiger partial charge in [-0.05, 0) is 81.3 Å². The Morgan fingerprint density at radius 2 is 1.65 bits per heavy atom. The average molecular weight is 570 g/mol. The van der Waals surface area contributed by atoms with E-state index >= 15 is 0 Å². The van der Waals surface area contributed by atoms with Crippen LogP contribution in [-0.4, -0.2) is 50.9 Å². The van der Waals surface area contributed by atoms with E-state index in [1.807, 2.05) is 20.8 Å². The summed E-state index contributed by atoms with van der Waals surface area (Å²) in [4.78, 5) is 28.6. The summed E-state index contributed by atoms with van der Waals surface area (Å²) >= 11 is 0. The van der Waals surface area contributed by atoms with Crippen molar-refractivity contribution in [3.63, 3.8) is 0 Å². The Balaban J connectivity index is 2.06. The minimum Gasteiger partial charge on any atom is -0.497 e. The van der Waals surface area contributed by atoms with Crippen LogP contribution in [0.4, 0.5) is 10.1 Å². The molecule has 1 N–H and O–H groups in total. The molecule has 0 radical (unpaired) electrons. The number of nitrogens with one attached hydrogen (secondary N) is 1. The zero-order chi connectivity index (χ0) is 29.4. The molecule has 0 aromatic heterocycles. The molecule has 0 unspecified atom stereocenters. The number of anilines is 1. The number of benzene rings is 3. The molecule has 2 amide bonds. The van der Waals surface area contributed by atoms with E-state index in [1.54, 1.807) is 43.3 Å². The zero-order valence-corrected chi connectivity index (χ0v) is 24.2. The van der Waals surface area contributed by atoms with Gasteiger partial charge in [0, 0.05) is 12.6 Å². The second kappa shape index (κ2) is 13.4. The Labute approximate surface area is 235 Å². The Morgan fingerprint density at radius 3 is 2.23 bits per heavy atom. The highest BCUT2D eigenvalue weighted by Crippen LogP contribution is 2.26. The van der Waals surface area contributed by atoms with Gasteiger partial charge in [-0.3, -0.25) is 13.9 Å². The largest absolute Gasteiger partial charge is 0.497 e. The second-order valence-corrected chi connectivity index (χ2v) is 11.6. The number of rotatable bonds is 12. The highest BCUT2D eigenvalue weighted by molar-refractivity contribution is 7.92. The molecule has 0 aliphatic rings. The lowest BCUT2D eigenvalue weighted by atomic mass is 10.1. The third-order valence-corrected chi connectivity index (χ3v) is 8.09.